The molecule has 0 saturated carbocycles. The fourth-order valence-electron chi connectivity index (χ4n) is 1.28. The van der Waals surface area contributed by atoms with E-state index in [2.05, 4.69) is 45.9 Å². The first kappa shape index (κ1) is 14.1. The molecular weight excluding hydrogens is 248 g/mol. The third kappa shape index (κ3) is 4.83. The van der Waals surface area contributed by atoms with Crippen LogP contribution in [0.2, 0.25) is 39.3 Å². The first-order chi connectivity index (χ1) is 7.58. The molecule has 5 heteroatoms. The molecule has 0 aliphatic heterocycles. The van der Waals surface area contributed by atoms with Crippen molar-refractivity contribution >= 4 is 22.4 Å². The molecule has 0 spiro atoms. The van der Waals surface area contributed by atoms with Gasteiger partial charge in [-0.05, 0) is 45.3 Å². The Kier molecular flexibility index (Phi) is 3.93. The highest BCUT2D eigenvalue weighted by Crippen LogP contribution is 2.30. The van der Waals surface area contributed by atoms with Gasteiger partial charge in [0.15, 0.2) is 0 Å². The van der Waals surface area contributed by atoms with Crippen LogP contribution in [0.1, 0.15) is 5.56 Å². The first-order valence-corrected chi connectivity index (χ1v) is 12.5. The normalized spacial score (nSPS) is 12.4. The molecule has 0 unspecified atom stereocenters. The van der Waals surface area contributed by atoms with Crippen LogP contribution in [0.3, 0.4) is 0 Å². The van der Waals surface area contributed by atoms with E-state index in [4.69, 9.17) is 13.3 Å². The van der Waals surface area contributed by atoms with Crippen molar-refractivity contribution in [1.29, 1.82) is 0 Å². The molecule has 0 atom stereocenters. The topological polar surface area (TPSA) is 31.6 Å². The first-order valence-electron chi connectivity index (χ1n) is 5.73. The van der Waals surface area contributed by atoms with Crippen LogP contribution in [-0.2, 0) is 4.43 Å². The van der Waals surface area contributed by atoms with Crippen LogP contribution < -0.4 is 4.43 Å². The van der Waals surface area contributed by atoms with Gasteiger partial charge in [-0.15, -0.1) is 0 Å². The van der Waals surface area contributed by atoms with Gasteiger partial charge in [-0.2, -0.15) is 0 Å². The highest BCUT2D eigenvalue weighted by molar-refractivity contribution is 6.71. The molecule has 17 heavy (non-hydrogen) atoms. The maximum atomic E-state index is 5.86. The van der Waals surface area contributed by atoms with Gasteiger partial charge in [0, 0.05) is 0 Å². The summed E-state index contributed by atoms with van der Waals surface area (Å²) < 4.78 is 17.1. The van der Waals surface area contributed by atoms with Crippen LogP contribution in [0, 0.1) is 0 Å². The second-order valence-electron chi connectivity index (χ2n) is 5.97. The van der Waals surface area contributed by atoms with E-state index in [0.717, 1.165) is 5.56 Å². The lowest BCUT2D eigenvalue weighted by atomic mass is 10.3. The van der Waals surface area contributed by atoms with Crippen molar-refractivity contribution in [1.82, 2.24) is 0 Å². The van der Waals surface area contributed by atoms with Crippen molar-refractivity contribution in [3.05, 3.63) is 24.5 Å². The summed E-state index contributed by atoms with van der Waals surface area (Å²) in [7, 11) is -3.32. The molecule has 0 saturated heterocycles. The molecule has 1 aromatic rings. The highest BCUT2D eigenvalue weighted by atomic mass is 28.4. The van der Waals surface area contributed by atoms with E-state index in [-0.39, 0.29) is 0 Å². The number of furan rings is 1. The van der Waals surface area contributed by atoms with Gasteiger partial charge in [0.1, 0.15) is 5.76 Å². The van der Waals surface area contributed by atoms with Crippen molar-refractivity contribution in [2.45, 2.75) is 39.3 Å². The number of hydrogen-bond donors (Lipinski definition) is 0. The zero-order valence-corrected chi connectivity index (χ0v) is 13.6. The monoisotopic (exact) mass is 270 g/mol. The Morgan fingerprint density at radius 2 is 1.71 bits per heavy atom. The van der Waals surface area contributed by atoms with Crippen LogP contribution in [0.25, 0.3) is 5.76 Å². The third-order valence-corrected chi connectivity index (χ3v) is 3.41. The average molecular weight is 270 g/mol. The largest absolute Gasteiger partial charge is 0.544 e. The molecule has 0 N–H and O–H groups in total. The second kappa shape index (κ2) is 4.74. The fourth-order valence-corrected chi connectivity index (χ4v) is 2.85. The van der Waals surface area contributed by atoms with Gasteiger partial charge in [0.2, 0.25) is 16.6 Å². The smallest absolute Gasteiger partial charge is 0.281 e. The predicted molar refractivity (Wildman–Crippen MR) is 76.1 cm³/mol. The van der Waals surface area contributed by atoms with Crippen LogP contribution in [-0.4, -0.2) is 16.6 Å². The van der Waals surface area contributed by atoms with Crippen LogP contribution >= 0.6 is 0 Å². The second-order valence-corrected chi connectivity index (χ2v) is 14.8. The summed E-state index contributed by atoms with van der Waals surface area (Å²) in [4.78, 5) is 0. The van der Waals surface area contributed by atoms with E-state index < -0.39 is 16.6 Å². The summed E-state index contributed by atoms with van der Waals surface area (Å²) in [5, 5.41) is 0. The van der Waals surface area contributed by atoms with E-state index in [1.165, 1.54) is 0 Å². The summed E-state index contributed by atoms with van der Waals surface area (Å²) in [5.41, 5.74) is 0.829. The molecule has 0 aromatic carbocycles. The summed E-state index contributed by atoms with van der Waals surface area (Å²) in [6, 6.07) is 1.85. The van der Waals surface area contributed by atoms with E-state index in [9.17, 15) is 0 Å². The molecule has 0 amide bonds. The van der Waals surface area contributed by atoms with Gasteiger partial charge in [-0.25, -0.2) is 0 Å². The summed E-state index contributed by atoms with van der Waals surface area (Å²) in [6.45, 7) is 16.7. The Balaban J connectivity index is 2.85. The van der Waals surface area contributed by atoms with Gasteiger partial charge >= 0.3 is 0 Å². The standard InChI is InChI=1S/C12H22O3Si2/c1-10(14-16(2,3)4)11-8-9-13-12(11)15-17(5,6)7/h8-9H,1H2,2-7H3. The number of hydrogen-bond acceptors (Lipinski definition) is 3. The van der Waals surface area contributed by atoms with Crippen molar-refractivity contribution in [2.75, 3.05) is 0 Å². The minimum absolute atomic E-state index is 0.535. The van der Waals surface area contributed by atoms with E-state index in [0.29, 0.717) is 11.7 Å². The van der Waals surface area contributed by atoms with Gasteiger partial charge in [-0.1, -0.05) is 6.58 Å². The molecular formula is C12H22O3Si2. The molecule has 0 aliphatic rings. The lowest BCUT2D eigenvalue weighted by molar-refractivity contribution is 0.382. The van der Waals surface area contributed by atoms with Gasteiger partial charge in [0.25, 0.3) is 5.95 Å². The van der Waals surface area contributed by atoms with E-state index in [1.807, 2.05) is 6.07 Å². The fraction of sp³-hybridized carbons (Fsp3) is 0.500. The summed E-state index contributed by atoms with van der Waals surface area (Å²) in [6.07, 6.45) is 1.61. The Morgan fingerprint density at radius 3 is 2.18 bits per heavy atom. The molecule has 0 aliphatic carbocycles. The van der Waals surface area contributed by atoms with Gasteiger partial charge in [-0.3, -0.25) is 0 Å². The quantitative estimate of drug-likeness (QED) is 0.590. The van der Waals surface area contributed by atoms with Crippen molar-refractivity contribution in [3.8, 4) is 5.95 Å². The van der Waals surface area contributed by atoms with Crippen LogP contribution in [0.15, 0.2) is 23.3 Å². The van der Waals surface area contributed by atoms with Crippen LogP contribution in [0.5, 0.6) is 5.95 Å². The Labute approximate surface area is 106 Å². The molecule has 1 heterocycles. The van der Waals surface area contributed by atoms with Crippen molar-refractivity contribution in [3.63, 3.8) is 0 Å². The molecule has 0 bridgehead atoms. The summed E-state index contributed by atoms with van der Waals surface area (Å²) >= 11 is 0. The Morgan fingerprint density at radius 1 is 1.12 bits per heavy atom. The molecule has 96 valence electrons. The zero-order valence-electron chi connectivity index (χ0n) is 11.6. The maximum absolute atomic E-state index is 5.86. The van der Waals surface area contributed by atoms with Gasteiger partial charge < -0.3 is 13.3 Å². The molecule has 0 fully saturated rings. The summed E-state index contributed by atoms with van der Waals surface area (Å²) in [5.74, 6) is 1.18. The van der Waals surface area contributed by atoms with E-state index >= 15 is 0 Å². The van der Waals surface area contributed by atoms with Crippen LogP contribution in [0.4, 0.5) is 0 Å². The minimum Gasteiger partial charge on any atom is -0.544 e. The van der Waals surface area contributed by atoms with E-state index in [1.54, 1.807) is 6.26 Å². The molecule has 1 rings (SSSR count). The van der Waals surface area contributed by atoms with Crippen molar-refractivity contribution < 1.29 is 13.3 Å². The highest BCUT2D eigenvalue weighted by Gasteiger charge is 2.24. The molecule has 1 aromatic heterocycles. The lowest BCUT2D eigenvalue weighted by Crippen LogP contribution is -2.29. The number of rotatable bonds is 5. The lowest BCUT2D eigenvalue weighted by Gasteiger charge is -2.22. The molecule has 3 nitrogen and oxygen atoms in total. The SMILES string of the molecule is C=C(O[Si](C)(C)C)c1ccoc1O[Si](C)(C)C. The van der Waals surface area contributed by atoms with Crippen molar-refractivity contribution in [2.24, 2.45) is 0 Å². The minimum atomic E-state index is -1.68. The zero-order chi connectivity index (χ0) is 13.3. The Hall–Kier alpha value is -0.946. The molecule has 0 radical (unpaired) electrons. The Bertz CT molecular complexity index is 397. The third-order valence-electron chi connectivity index (χ3n) is 1.76. The van der Waals surface area contributed by atoms with Gasteiger partial charge in [0.05, 0.1) is 11.8 Å². The predicted octanol–water partition coefficient (Wildman–Crippen LogP) is 4.32. The maximum Gasteiger partial charge on any atom is 0.281 e. The average Bonchev–Trinajstić information content (AvgIpc) is 2.45.